The molecule has 0 aromatic carbocycles. The predicted molar refractivity (Wildman–Crippen MR) is 114 cm³/mol. The van der Waals surface area contributed by atoms with E-state index in [2.05, 4.69) is 30.4 Å². The van der Waals surface area contributed by atoms with Gasteiger partial charge in [-0.15, -0.1) is 0 Å². The van der Waals surface area contributed by atoms with Gasteiger partial charge in [0.1, 0.15) is 30.7 Å². The van der Waals surface area contributed by atoms with E-state index in [0.717, 1.165) is 10.6 Å². The van der Waals surface area contributed by atoms with Crippen LogP contribution in [0.4, 0.5) is 5.82 Å². The summed E-state index contributed by atoms with van der Waals surface area (Å²) in [6, 6.07) is 0. The standard InChI is InChI=1S/C21H31N3O5S/c1-9(2)11(5)21(27)28-8-14-16(25)17(26)20(29-14)24-13(7)30-18-15(10(3)4)22-12(6)23-19(18)24/h9-11,14,16-17,20,25-26H,7-8H2,1-6H3/t11-,14+,16+,17+,20+/m0/s1. The van der Waals surface area contributed by atoms with Gasteiger partial charge in [-0.25, -0.2) is 9.97 Å². The summed E-state index contributed by atoms with van der Waals surface area (Å²) >= 11 is 1.43. The smallest absolute Gasteiger partial charge is 0.309 e. The highest BCUT2D eigenvalue weighted by atomic mass is 32.2. The molecule has 5 atom stereocenters. The van der Waals surface area contributed by atoms with E-state index < -0.39 is 24.5 Å². The molecule has 2 aliphatic heterocycles. The fourth-order valence-corrected chi connectivity index (χ4v) is 4.56. The second kappa shape index (κ2) is 8.82. The molecule has 3 heterocycles. The summed E-state index contributed by atoms with van der Waals surface area (Å²) in [6.45, 7) is 15.6. The number of rotatable bonds is 6. The van der Waals surface area contributed by atoms with Gasteiger partial charge in [0.15, 0.2) is 12.0 Å². The van der Waals surface area contributed by atoms with Gasteiger partial charge in [-0.2, -0.15) is 0 Å². The van der Waals surface area contributed by atoms with Gasteiger partial charge in [-0.1, -0.05) is 53.0 Å². The highest BCUT2D eigenvalue weighted by Gasteiger charge is 2.49. The summed E-state index contributed by atoms with van der Waals surface area (Å²) in [5.41, 5.74) is 0.910. The monoisotopic (exact) mass is 437 g/mol. The number of carbonyl (C=O) groups excluding carboxylic acids is 1. The number of ether oxygens (including phenoxy) is 2. The Hall–Kier alpha value is -1.68. The van der Waals surface area contributed by atoms with Gasteiger partial charge in [-0.05, 0) is 18.8 Å². The SMILES string of the molecule is C=C1Sc2c(C(C)C)nc(C)nc2N1[C@@H]1O[C@H](COC(=O)[C@@H](C)C(C)C)[C@@H](O)[C@H]1O. The maximum atomic E-state index is 12.2. The summed E-state index contributed by atoms with van der Waals surface area (Å²) in [5, 5.41) is 21.8. The van der Waals surface area contributed by atoms with Gasteiger partial charge in [0.05, 0.1) is 21.5 Å². The van der Waals surface area contributed by atoms with Gasteiger partial charge >= 0.3 is 5.97 Å². The van der Waals surface area contributed by atoms with Gasteiger partial charge in [0, 0.05) is 0 Å². The van der Waals surface area contributed by atoms with E-state index in [1.54, 1.807) is 11.8 Å². The first-order valence-electron chi connectivity index (χ1n) is 10.3. The molecule has 0 bridgehead atoms. The van der Waals surface area contributed by atoms with Crippen LogP contribution in [0.25, 0.3) is 0 Å². The summed E-state index contributed by atoms with van der Waals surface area (Å²) in [6.07, 6.45) is -4.15. The molecule has 9 heteroatoms. The zero-order chi connectivity index (χ0) is 22.3. The van der Waals surface area contributed by atoms with E-state index >= 15 is 0 Å². The third kappa shape index (κ3) is 4.21. The highest BCUT2D eigenvalue weighted by Crippen LogP contribution is 2.49. The minimum absolute atomic E-state index is 0.134. The molecule has 1 aromatic rings. The van der Waals surface area contributed by atoms with Gasteiger partial charge < -0.3 is 19.7 Å². The highest BCUT2D eigenvalue weighted by molar-refractivity contribution is 8.03. The molecule has 0 aliphatic carbocycles. The van der Waals surface area contributed by atoms with Crippen LogP contribution in [0.15, 0.2) is 16.5 Å². The number of fused-ring (bicyclic) bond motifs is 1. The number of aryl methyl sites for hydroxylation is 1. The first-order valence-corrected chi connectivity index (χ1v) is 11.1. The fourth-order valence-electron chi connectivity index (χ4n) is 3.42. The first-order chi connectivity index (χ1) is 14.0. The Kier molecular flexibility index (Phi) is 6.76. The Morgan fingerprint density at radius 1 is 1.23 bits per heavy atom. The Morgan fingerprint density at radius 2 is 1.90 bits per heavy atom. The molecule has 1 saturated heterocycles. The van der Waals surface area contributed by atoms with Crippen molar-refractivity contribution in [1.29, 1.82) is 0 Å². The van der Waals surface area contributed by atoms with Gasteiger partial charge in [0.25, 0.3) is 0 Å². The molecule has 0 radical (unpaired) electrons. The predicted octanol–water partition coefficient (Wildman–Crippen LogP) is 2.57. The topological polar surface area (TPSA) is 105 Å². The number of aliphatic hydroxyl groups is 2. The minimum Gasteiger partial charge on any atom is -0.463 e. The van der Waals surface area contributed by atoms with Crippen LogP contribution in [-0.2, 0) is 14.3 Å². The quantitative estimate of drug-likeness (QED) is 0.650. The maximum Gasteiger partial charge on any atom is 0.309 e. The van der Waals surface area contributed by atoms with E-state index in [-0.39, 0.29) is 30.3 Å². The molecule has 0 saturated carbocycles. The molecular weight excluding hydrogens is 406 g/mol. The average Bonchev–Trinajstić information content (AvgIpc) is 3.14. The normalized spacial score (nSPS) is 27.1. The fraction of sp³-hybridized carbons (Fsp3) is 0.667. The number of aromatic nitrogens is 2. The van der Waals surface area contributed by atoms with E-state index in [1.165, 1.54) is 11.8 Å². The van der Waals surface area contributed by atoms with Crippen LogP contribution in [0.1, 0.15) is 52.1 Å². The van der Waals surface area contributed by atoms with E-state index in [0.29, 0.717) is 16.7 Å². The maximum absolute atomic E-state index is 12.2. The number of aliphatic hydroxyl groups excluding tert-OH is 2. The van der Waals surface area contributed by atoms with Gasteiger partial charge in [-0.3, -0.25) is 9.69 Å². The Morgan fingerprint density at radius 3 is 2.50 bits per heavy atom. The average molecular weight is 438 g/mol. The van der Waals surface area contributed by atoms with Crippen LogP contribution in [0.5, 0.6) is 0 Å². The van der Waals surface area contributed by atoms with Crippen molar-refractivity contribution in [3.63, 3.8) is 0 Å². The summed E-state index contributed by atoms with van der Waals surface area (Å²) in [5.74, 6) is 0.943. The van der Waals surface area contributed by atoms with Gasteiger partial charge in [0.2, 0.25) is 0 Å². The zero-order valence-corrected chi connectivity index (χ0v) is 19.1. The molecule has 0 unspecified atom stereocenters. The molecule has 166 valence electrons. The molecule has 3 rings (SSSR count). The van der Waals surface area contributed by atoms with Crippen LogP contribution in [0, 0.1) is 18.8 Å². The lowest BCUT2D eigenvalue weighted by molar-refractivity contribution is -0.154. The van der Waals surface area contributed by atoms with E-state index in [1.807, 2.05) is 20.8 Å². The second-order valence-corrected chi connectivity index (χ2v) is 9.62. The van der Waals surface area contributed by atoms with Crippen LogP contribution in [-0.4, -0.2) is 57.3 Å². The van der Waals surface area contributed by atoms with E-state index in [4.69, 9.17) is 9.47 Å². The van der Waals surface area contributed by atoms with Crippen molar-refractivity contribution in [3.8, 4) is 0 Å². The van der Waals surface area contributed by atoms with Crippen LogP contribution in [0.2, 0.25) is 0 Å². The molecule has 0 spiro atoms. The molecule has 1 aromatic heterocycles. The second-order valence-electron chi connectivity index (χ2n) is 8.54. The van der Waals surface area contributed by atoms with Crippen molar-refractivity contribution in [3.05, 3.63) is 23.1 Å². The van der Waals surface area contributed by atoms with Crippen LogP contribution >= 0.6 is 11.8 Å². The van der Waals surface area contributed by atoms with E-state index in [9.17, 15) is 15.0 Å². The van der Waals surface area contributed by atoms with Crippen molar-refractivity contribution >= 4 is 23.5 Å². The zero-order valence-electron chi connectivity index (χ0n) is 18.3. The lowest BCUT2D eigenvalue weighted by Gasteiger charge is -2.28. The summed E-state index contributed by atoms with van der Waals surface area (Å²) in [7, 11) is 0. The molecule has 8 nitrogen and oxygen atoms in total. The lowest BCUT2D eigenvalue weighted by Crippen LogP contribution is -2.42. The summed E-state index contributed by atoms with van der Waals surface area (Å²) in [4.78, 5) is 23.8. The van der Waals surface area contributed by atoms with Crippen molar-refractivity contribution in [2.75, 3.05) is 11.5 Å². The largest absolute Gasteiger partial charge is 0.463 e. The summed E-state index contributed by atoms with van der Waals surface area (Å²) < 4.78 is 11.3. The minimum atomic E-state index is -1.21. The third-order valence-electron chi connectivity index (χ3n) is 5.60. The molecule has 30 heavy (non-hydrogen) atoms. The number of hydrogen-bond acceptors (Lipinski definition) is 9. The Labute approximate surface area is 181 Å². The van der Waals surface area contributed by atoms with Crippen molar-refractivity contribution in [1.82, 2.24) is 9.97 Å². The number of anilines is 1. The number of hydrogen-bond donors (Lipinski definition) is 2. The molecule has 2 N–H and O–H groups in total. The molecular formula is C21H31N3O5S. The molecule has 0 amide bonds. The molecule has 2 aliphatic rings. The lowest BCUT2D eigenvalue weighted by atomic mass is 9.99. The van der Waals surface area contributed by atoms with Crippen molar-refractivity contribution in [2.24, 2.45) is 11.8 Å². The number of thioether (sulfide) groups is 1. The first kappa shape index (κ1) is 23.0. The van der Waals surface area contributed by atoms with Crippen LogP contribution < -0.4 is 4.90 Å². The molecule has 1 fully saturated rings. The third-order valence-corrected chi connectivity index (χ3v) is 6.63. The number of esters is 1. The number of nitrogens with zero attached hydrogens (tertiary/aromatic N) is 3. The number of carbonyl (C=O) groups is 1. The van der Waals surface area contributed by atoms with Crippen molar-refractivity contribution < 1.29 is 24.5 Å². The Balaban J connectivity index is 1.79. The Bertz CT molecular complexity index is 831. The van der Waals surface area contributed by atoms with Crippen molar-refractivity contribution in [2.45, 2.75) is 76.9 Å². The van der Waals surface area contributed by atoms with Crippen LogP contribution in [0.3, 0.4) is 0 Å².